The number of rotatable bonds is 4. The number of halogens is 2. The van der Waals surface area contributed by atoms with Crippen molar-refractivity contribution in [3.05, 3.63) is 64.2 Å². The van der Waals surface area contributed by atoms with Crippen LogP contribution in [0.2, 0.25) is 0 Å². The lowest BCUT2D eigenvalue weighted by molar-refractivity contribution is 0.515. The number of hydrogen-bond donors (Lipinski definition) is 1. The predicted octanol–water partition coefficient (Wildman–Crippen LogP) is 4.56. The molecule has 112 valence electrons. The van der Waals surface area contributed by atoms with E-state index < -0.39 is 0 Å². The van der Waals surface area contributed by atoms with E-state index in [2.05, 4.69) is 31.4 Å². The van der Waals surface area contributed by atoms with Crippen LogP contribution >= 0.6 is 15.9 Å². The molecule has 0 bridgehead atoms. The number of aromatic nitrogens is 2. The fraction of sp³-hybridized carbons (Fsp3) is 0.125. The van der Waals surface area contributed by atoms with Crippen LogP contribution in [0.4, 0.5) is 10.1 Å². The standard InChI is InChI=1S/C16H13BrFN3O/c1-10-8-12(17)4-7-14(10)19-9-15-20-21-16(22-15)11-2-5-13(18)6-3-11/h2-8,19H,9H2,1H3. The summed E-state index contributed by atoms with van der Waals surface area (Å²) in [5.74, 6) is 0.557. The van der Waals surface area contributed by atoms with Gasteiger partial charge >= 0.3 is 0 Å². The zero-order valence-electron chi connectivity index (χ0n) is 11.8. The summed E-state index contributed by atoms with van der Waals surface area (Å²) in [6, 6.07) is 11.9. The Hall–Kier alpha value is -2.21. The van der Waals surface area contributed by atoms with E-state index in [0.717, 1.165) is 15.7 Å². The van der Waals surface area contributed by atoms with Gasteiger partial charge in [0.2, 0.25) is 11.8 Å². The van der Waals surface area contributed by atoms with Crippen molar-refractivity contribution in [2.45, 2.75) is 13.5 Å². The molecule has 0 saturated heterocycles. The van der Waals surface area contributed by atoms with Crippen LogP contribution in [-0.2, 0) is 6.54 Å². The van der Waals surface area contributed by atoms with Crippen LogP contribution in [0, 0.1) is 12.7 Å². The van der Waals surface area contributed by atoms with Crippen molar-refractivity contribution in [1.29, 1.82) is 0 Å². The zero-order valence-corrected chi connectivity index (χ0v) is 13.4. The first-order valence-corrected chi connectivity index (χ1v) is 7.49. The van der Waals surface area contributed by atoms with Gasteiger partial charge in [0.1, 0.15) is 5.82 Å². The Bertz CT molecular complexity index is 786. The van der Waals surface area contributed by atoms with Crippen molar-refractivity contribution in [2.24, 2.45) is 0 Å². The van der Waals surface area contributed by atoms with E-state index in [1.54, 1.807) is 12.1 Å². The SMILES string of the molecule is Cc1cc(Br)ccc1NCc1nnc(-c2ccc(F)cc2)o1. The third kappa shape index (κ3) is 3.33. The van der Waals surface area contributed by atoms with E-state index in [-0.39, 0.29) is 5.82 Å². The lowest BCUT2D eigenvalue weighted by atomic mass is 10.2. The molecule has 0 aliphatic heterocycles. The maximum atomic E-state index is 12.9. The summed E-state index contributed by atoms with van der Waals surface area (Å²) >= 11 is 3.43. The quantitative estimate of drug-likeness (QED) is 0.739. The minimum absolute atomic E-state index is 0.295. The van der Waals surface area contributed by atoms with Gasteiger partial charge < -0.3 is 9.73 Å². The van der Waals surface area contributed by atoms with E-state index in [0.29, 0.717) is 23.9 Å². The number of anilines is 1. The van der Waals surface area contributed by atoms with Crippen LogP contribution in [0.25, 0.3) is 11.5 Å². The van der Waals surface area contributed by atoms with Gasteiger partial charge in [0.05, 0.1) is 6.54 Å². The van der Waals surface area contributed by atoms with Gasteiger partial charge in [0.25, 0.3) is 0 Å². The average Bonchev–Trinajstić information content (AvgIpc) is 2.96. The van der Waals surface area contributed by atoms with Gasteiger partial charge in [-0.1, -0.05) is 15.9 Å². The van der Waals surface area contributed by atoms with Crippen molar-refractivity contribution < 1.29 is 8.81 Å². The molecule has 0 unspecified atom stereocenters. The first-order chi connectivity index (χ1) is 10.6. The lowest BCUT2D eigenvalue weighted by Crippen LogP contribution is -2.01. The Morgan fingerprint density at radius 1 is 1.14 bits per heavy atom. The third-order valence-electron chi connectivity index (χ3n) is 3.18. The highest BCUT2D eigenvalue weighted by molar-refractivity contribution is 9.10. The maximum Gasteiger partial charge on any atom is 0.247 e. The smallest absolute Gasteiger partial charge is 0.247 e. The Morgan fingerprint density at radius 3 is 2.64 bits per heavy atom. The molecule has 0 aliphatic carbocycles. The Morgan fingerprint density at radius 2 is 1.91 bits per heavy atom. The van der Waals surface area contributed by atoms with Crippen molar-refractivity contribution in [2.75, 3.05) is 5.32 Å². The molecular formula is C16H13BrFN3O. The highest BCUT2D eigenvalue weighted by Crippen LogP contribution is 2.22. The summed E-state index contributed by atoms with van der Waals surface area (Å²) in [5.41, 5.74) is 2.82. The molecular weight excluding hydrogens is 349 g/mol. The minimum Gasteiger partial charge on any atom is -0.419 e. The molecule has 6 heteroatoms. The topological polar surface area (TPSA) is 51.0 Å². The second-order valence-electron chi connectivity index (χ2n) is 4.82. The van der Waals surface area contributed by atoms with Crippen molar-refractivity contribution in [1.82, 2.24) is 10.2 Å². The van der Waals surface area contributed by atoms with Crippen LogP contribution in [0.1, 0.15) is 11.5 Å². The molecule has 0 amide bonds. The van der Waals surface area contributed by atoms with Gasteiger partial charge in [0.15, 0.2) is 0 Å². The number of hydrogen-bond acceptors (Lipinski definition) is 4. The van der Waals surface area contributed by atoms with Gasteiger partial charge in [-0.25, -0.2) is 4.39 Å². The summed E-state index contributed by atoms with van der Waals surface area (Å²) in [7, 11) is 0. The van der Waals surface area contributed by atoms with Gasteiger partial charge in [0, 0.05) is 15.7 Å². The van der Waals surface area contributed by atoms with Crippen LogP contribution in [0.3, 0.4) is 0 Å². The summed E-state index contributed by atoms with van der Waals surface area (Å²) in [6.45, 7) is 2.45. The van der Waals surface area contributed by atoms with Gasteiger partial charge in [-0.15, -0.1) is 10.2 Å². The summed E-state index contributed by atoms with van der Waals surface area (Å²) < 4.78 is 19.5. The molecule has 0 fully saturated rings. The maximum absolute atomic E-state index is 12.9. The van der Waals surface area contributed by atoms with Crippen LogP contribution in [0.15, 0.2) is 51.4 Å². The molecule has 3 aromatic rings. The lowest BCUT2D eigenvalue weighted by Gasteiger charge is -2.07. The Kier molecular flexibility index (Phi) is 4.20. The number of benzene rings is 2. The van der Waals surface area contributed by atoms with Crippen molar-refractivity contribution >= 4 is 21.6 Å². The van der Waals surface area contributed by atoms with Gasteiger partial charge in [-0.05, 0) is 55.0 Å². The second kappa shape index (κ2) is 6.27. The van der Waals surface area contributed by atoms with E-state index >= 15 is 0 Å². The molecule has 0 aliphatic rings. The van der Waals surface area contributed by atoms with Crippen molar-refractivity contribution in [3.8, 4) is 11.5 Å². The number of aryl methyl sites for hydroxylation is 1. The highest BCUT2D eigenvalue weighted by atomic mass is 79.9. The molecule has 4 nitrogen and oxygen atoms in total. The fourth-order valence-electron chi connectivity index (χ4n) is 2.03. The molecule has 1 heterocycles. The third-order valence-corrected chi connectivity index (χ3v) is 3.67. The summed E-state index contributed by atoms with van der Waals surface area (Å²) in [5, 5.41) is 11.2. The van der Waals surface area contributed by atoms with E-state index in [1.807, 2.05) is 25.1 Å². The average molecular weight is 362 g/mol. The second-order valence-corrected chi connectivity index (χ2v) is 5.74. The van der Waals surface area contributed by atoms with Gasteiger partial charge in [-0.2, -0.15) is 0 Å². The van der Waals surface area contributed by atoms with Gasteiger partial charge in [-0.3, -0.25) is 0 Å². The molecule has 2 aromatic carbocycles. The molecule has 1 N–H and O–H groups in total. The molecule has 1 aromatic heterocycles. The monoisotopic (exact) mass is 361 g/mol. The molecule has 22 heavy (non-hydrogen) atoms. The largest absolute Gasteiger partial charge is 0.419 e. The molecule has 0 spiro atoms. The normalized spacial score (nSPS) is 10.7. The summed E-state index contributed by atoms with van der Waals surface area (Å²) in [4.78, 5) is 0. The van der Waals surface area contributed by atoms with Crippen molar-refractivity contribution in [3.63, 3.8) is 0 Å². The predicted molar refractivity (Wildman–Crippen MR) is 85.9 cm³/mol. The fourth-order valence-corrected chi connectivity index (χ4v) is 2.51. The number of nitrogens with one attached hydrogen (secondary N) is 1. The van der Waals surface area contributed by atoms with Crippen LogP contribution in [0.5, 0.6) is 0 Å². The zero-order chi connectivity index (χ0) is 15.5. The van der Waals surface area contributed by atoms with E-state index in [4.69, 9.17) is 4.42 Å². The number of nitrogens with zero attached hydrogens (tertiary/aromatic N) is 2. The molecule has 0 atom stereocenters. The first-order valence-electron chi connectivity index (χ1n) is 6.70. The molecule has 0 radical (unpaired) electrons. The first kappa shape index (κ1) is 14.7. The van der Waals surface area contributed by atoms with E-state index in [9.17, 15) is 4.39 Å². The Labute approximate surface area is 135 Å². The minimum atomic E-state index is -0.295. The summed E-state index contributed by atoms with van der Waals surface area (Å²) in [6.07, 6.45) is 0. The molecule has 3 rings (SSSR count). The molecule has 0 saturated carbocycles. The van der Waals surface area contributed by atoms with E-state index in [1.165, 1.54) is 12.1 Å². The highest BCUT2D eigenvalue weighted by Gasteiger charge is 2.09. The Balaban J connectivity index is 1.70. The van der Waals surface area contributed by atoms with Crippen LogP contribution < -0.4 is 5.32 Å². The van der Waals surface area contributed by atoms with Crippen LogP contribution in [-0.4, -0.2) is 10.2 Å².